The Kier molecular flexibility index (Phi) is 5.43. The molecule has 1 rings (SSSR count). The van der Waals surface area contributed by atoms with Gasteiger partial charge in [0.2, 0.25) is 0 Å². The Labute approximate surface area is 121 Å². The van der Waals surface area contributed by atoms with Crippen molar-refractivity contribution in [2.75, 3.05) is 0 Å². The number of rotatable bonds is 6. The Balaban J connectivity index is 2.95. The second-order valence-electron chi connectivity index (χ2n) is 4.79. The molecule has 1 unspecified atom stereocenters. The first-order valence-electron chi connectivity index (χ1n) is 6.28. The maximum Gasteiger partial charge on any atom is 0.336 e. The standard InChI is InChI=1S/C14H17NO6/c1-7(2)21-14(20)11(15)6-8-3-4-9(12(16)17)10(5-8)13(18)19/h3-5,7,11H,6,15H2,1-2H3,(H,16,17)(H,18,19). The Morgan fingerprint density at radius 1 is 1.14 bits per heavy atom. The molecule has 1 atom stereocenters. The lowest BCUT2D eigenvalue weighted by Crippen LogP contribution is -2.35. The van der Waals surface area contributed by atoms with Crippen LogP contribution < -0.4 is 5.73 Å². The number of benzene rings is 1. The summed E-state index contributed by atoms with van der Waals surface area (Å²) in [6, 6.07) is 2.87. The molecule has 0 fully saturated rings. The van der Waals surface area contributed by atoms with Crippen LogP contribution in [0, 0.1) is 0 Å². The van der Waals surface area contributed by atoms with Gasteiger partial charge in [0.15, 0.2) is 0 Å². The minimum absolute atomic E-state index is 0.0612. The van der Waals surface area contributed by atoms with Crippen LogP contribution in [0.25, 0.3) is 0 Å². The van der Waals surface area contributed by atoms with Crippen LogP contribution in [-0.4, -0.2) is 40.3 Å². The smallest absolute Gasteiger partial charge is 0.336 e. The summed E-state index contributed by atoms with van der Waals surface area (Å²) in [5.41, 5.74) is 5.47. The molecular formula is C14H17NO6. The number of hydrogen-bond acceptors (Lipinski definition) is 5. The van der Waals surface area contributed by atoms with E-state index < -0.39 is 23.9 Å². The van der Waals surface area contributed by atoms with Crippen molar-refractivity contribution >= 4 is 17.9 Å². The van der Waals surface area contributed by atoms with Gasteiger partial charge in [0.05, 0.1) is 17.2 Å². The van der Waals surface area contributed by atoms with Gasteiger partial charge in [-0.25, -0.2) is 9.59 Å². The summed E-state index contributed by atoms with van der Waals surface area (Å²) in [4.78, 5) is 33.6. The minimum Gasteiger partial charge on any atom is -0.478 e. The molecule has 0 amide bonds. The van der Waals surface area contributed by atoms with Gasteiger partial charge in [-0.15, -0.1) is 0 Å². The third-order valence-corrected chi connectivity index (χ3v) is 2.66. The maximum absolute atomic E-state index is 11.6. The summed E-state index contributed by atoms with van der Waals surface area (Å²) in [7, 11) is 0. The molecule has 114 valence electrons. The van der Waals surface area contributed by atoms with Gasteiger partial charge in [0.25, 0.3) is 0 Å². The van der Waals surface area contributed by atoms with Gasteiger partial charge in [0.1, 0.15) is 6.04 Å². The molecule has 0 saturated heterocycles. The van der Waals surface area contributed by atoms with Crippen LogP contribution in [0.1, 0.15) is 40.1 Å². The van der Waals surface area contributed by atoms with Crippen LogP contribution >= 0.6 is 0 Å². The number of carboxylic acids is 2. The average Bonchev–Trinajstić information content (AvgIpc) is 2.37. The Morgan fingerprint density at radius 2 is 1.71 bits per heavy atom. The molecule has 1 aromatic rings. The van der Waals surface area contributed by atoms with Gasteiger partial charge in [-0.1, -0.05) is 6.07 Å². The Morgan fingerprint density at radius 3 is 2.19 bits per heavy atom. The molecule has 0 aromatic heterocycles. The molecule has 0 heterocycles. The van der Waals surface area contributed by atoms with Crippen molar-refractivity contribution in [2.45, 2.75) is 32.4 Å². The molecule has 0 radical (unpaired) electrons. The lowest BCUT2D eigenvalue weighted by molar-refractivity contribution is -0.148. The SMILES string of the molecule is CC(C)OC(=O)C(N)Cc1ccc(C(=O)O)c(C(=O)O)c1. The van der Waals surface area contributed by atoms with Gasteiger partial charge >= 0.3 is 17.9 Å². The van der Waals surface area contributed by atoms with Gasteiger partial charge in [-0.2, -0.15) is 0 Å². The zero-order valence-corrected chi connectivity index (χ0v) is 11.7. The van der Waals surface area contributed by atoms with E-state index in [9.17, 15) is 14.4 Å². The van der Waals surface area contributed by atoms with E-state index in [0.717, 1.165) is 0 Å². The quantitative estimate of drug-likeness (QED) is 0.665. The number of ether oxygens (including phenoxy) is 1. The van der Waals surface area contributed by atoms with Gasteiger partial charge in [-0.3, -0.25) is 4.79 Å². The van der Waals surface area contributed by atoms with Crippen LogP contribution in [0.2, 0.25) is 0 Å². The van der Waals surface area contributed by atoms with Gasteiger partial charge in [0, 0.05) is 0 Å². The molecule has 0 aliphatic carbocycles. The highest BCUT2D eigenvalue weighted by Crippen LogP contribution is 2.14. The molecule has 0 saturated carbocycles. The minimum atomic E-state index is -1.35. The monoisotopic (exact) mass is 295 g/mol. The summed E-state index contributed by atoms with van der Waals surface area (Å²) in [6.45, 7) is 3.38. The second-order valence-corrected chi connectivity index (χ2v) is 4.79. The molecule has 0 spiro atoms. The van der Waals surface area contributed by atoms with Crippen molar-refractivity contribution in [1.82, 2.24) is 0 Å². The van der Waals surface area contributed by atoms with Crippen LogP contribution in [-0.2, 0) is 16.0 Å². The van der Waals surface area contributed by atoms with Crippen molar-refractivity contribution in [1.29, 1.82) is 0 Å². The van der Waals surface area contributed by atoms with E-state index in [1.165, 1.54) is 18.2 Å². The van der Waals surface area contributed by atoms with E-state index in [4.69, 9.17) is 20.7 Å². The zero-order chi connectivity index (χ0) is 16.2. The van der Waals surface area contributed by atoms with Crippen molar-refractivity contribution in [3.8, 4) is 0 Å². The van der Waals surface area contributed by atoms with Crippen LogP contribution in [0.3, 0.4) is 0 Å². The van der Waals surface area contributed by atoms with Crippen molar-refractivity contribution in [2.24, 2.45) is 5.73 Å². The molecule has 0 bridgehead atoms. The van der Waals surface area contributed by atoms with Crippen LogP contribution in [0.5, 0.6) is 0 Å². The fourth-order valence-corrected chi connectivity index (χ4v) is 1.74. The lowest BCUT2D eigenvalue weighted by Gasteiger charge is -2.14. The highest BCUT2D eigenvalue weighted by molar-refractivity contribution is 6.01. The molecular weight excluding hydrogens is 278 g/mol. The maximum atomic E-state index is 11.6. The van der Waals surface area contributed by atoms with Gasteiger partial charge in [-0.05, 0) is 38.0 Å². The second kappa shape index (κ2) is 6.85. The fraction of sp³-hybridized carbons (Fsp3) is 0.357. The molecule has 4 N–H and O–H groups in total. The van der Waals surface area contributed by atoms with E-state index in [-0.39, 0.29) is 23.7 Å². The topological polar surface area (TPSA) is 127 Å². The molecule has 0 aliphatic heterocycles. The van der Waals surface area contributed by atoms with Crippen LogP contribution in [0.15, 0.2) is 18.2 Å². The largest absolute Gasteiger partial charge is 0.478 e. The van der Waals surface area contributed by atoms with E-state index in [2.05, 4.69) is 0 Å². The summed E-state index contributed by atoms with van der Waals surface area (Å²) in [5.74, 6) is -3.28. The number of carbonyl (C=O) groups is 3. The Hall–Kier alpha value is -2.41. The summed E-state index contributed by atoms with van der Waals surface area (Å²) in [5, 5.41) is 17.9. The third kappa shape index (κ3) is 4.57. The van der Waals surface area contributed by atoms with E-state index >= 15 is 0 Å². The number of carboxylic acid groups (broad SMARTS) is 2. The number of esters is 1. The zero-order valence-electron chi connectivity index (χ0n) is 11.7. The highest BCUT2D eigenvalue weighted by atomic mass is 16.5. The van der Waals surface area contributed by atoms with Crippen LogP contribution in [0.4, 0.5) is 0 Å². The molecule has 1 aromatic carbocycles. The lowest BCUT2D eigenvalue weighted by atomic mass is 9.99. The number of carbonyl (C=O) groups excluding carboxylic acids is 1. The third-order valence-electron chi connectivity index (χ3n) is 2.66. The van der Waals surface area contributed by atoms with Crippen molar-refractivity contribution in [3.05, 3.63) is 34.9 Å². The Bertz CT molecular complexity index is 567. The normalized spacial score (nSPS) is 12.0. The number of hydrogen-bond donors (Lipinski definition) is 3. The van der Waals surface area contributed by atoms with Gasteiger partial charge < -0.3 is 20.7 Å². The summed E-state index contributed by atoms with van der Waals surface area (Å²) in [6.07, 6.45) is -0.237. The first kappa shape index (κ1) is 16.6. The number of aromatic carboxylic acids is 2. The van der Waals surface area contributed by atoms with E-state index in [1.54, 1.807) is 13.8 Å². The highest BCUT2D eigenvalue weighted by Gasteiger charge is 2.20. The number of nitrogens with two attached hydrogens (primary N) is 1. The average molecular weight is 295 g/mol. The van der Waals surface area contributed by atoms with E-state index in [1.807, 2.05) is 0 Å². The van der Waals surface area contributed by atoms with E-state index in [0.29, 0.717) is 5.56 Å². The fourth-order valence-electron chi connectivity index (χ4n) is 1.74. The predicted molar refractivity (Wildman–Crippen MR) is 73.3 cm³/mol. The molecule has 0 aliphatic rings. The predicted octanol–water partition coefficient (Wildman–Crippen LogP) is 0.904. The van der Waals surface area contributed by atoms with Crippen molar-refractivity contribution in [3.63, 3.8) is 0 Å². The molecule has 21 heavy (non-hydrogen) atoms. The van der Waals surface area contributed by atoms with Crippen molar-refractivity contribution < 1.29 is 29.3 Å². The molecule has 7 heteroatoms. The first-order chi connectivity index (χ1) is 9.72. The summed E-state index contributed by atoms with van der Waals surface area (Å²) < 4.78 is 4.95. The first-order valence-corrected chi connectivity index (χ1v) is 6.28. The molecule has 7 nitrogen and oxygen atoms in total. The summed E-state index contributed by atoms with van der Waals surface area (Å²) >= 11 is 0.